The molecule has 0 saturated heterocycles. The monoisotopic (exact) mass is 270 g/mol. The topological polar surface area (TPSA) is 96.2 Å². The van der Waals surface area contributed by atoms with E-state index in [9.17, 15) is 9.59 Å². The fourth-order valence-electron chi connectivity index (χ4n) is 1.23. The van der Waals surface area contributed by atoms with Crippen LogP contribution in [0.2, 0.25) is 5.02 Å². The van der Waals surface area contributed by atoms with Crippen molar-refractivity contribution in [3.63, 3.8) is 0 Å². The molecule has 0 unspecified atom stereocenters. The number of carbonyl (C=O) groups is 2. The van der Waals surface area contributed by atoms with Gasteiger partial charge in [-0.05, 0) is 12.1 Å². The molecule has 0 aliphatic carbocycles. The highest BCUT2D eigenvalue weighted by molar-refractivity contribution is 6.33. The molecule has 0 bridgehead atoms. The molecule has 98 valence electrons. The van der Waals surface area contributed by atoms with Crippen molar-refractivity contribution in [1.82, 2.24) is 10.6 Å². The number of rotatable bonds is 6. The van der Waals surface area contributed by atoms with Crippen LogP contribution in [0.4, 0.5) is 10.5 Å². The van der Waals surface area contributed by atoms with Crippen molar-refractivity contribution in [3.05, 3.63) is 29.3 Å². The van der Waals surface area contributed by atoms with Crippen molar-refractivity contribution in [2.24, 2.45) is 5.73 Å². The number of nitrogens with one attached hydrogen (secondary N) is 3. The van der Waals surface area contributed by atoms with Crippen molar-refractivity contribution < 1.29 is 9.59 Å². The van der Waals surface area contributed by atoms with Crippen LogP contribution in [0.5, 0.6) is 0 Å². The Hall–Kier alpha value is -1.79. The zero-order valence-corrected chi connectivity index (χ0v) is 10.5. The third-order valence-electron chi connectivity index (χ3n) is 2.03. The third kappa shape index (κ3) is 5.51. The van der Waals surface area contributed by atoms with Gasteiger partial charge in [-0.1, -0.05) is 23.7 Å². The van der Waals surface area contributed by atoms with E-state index in [-0.39, 0.29) is 12.5 Å². The summed E-state index contributed by atoms with van der Waals surface area (Å²) >= 11 is 5.89. The molecule has 0 aliphatic heterocycles. The Morgan fingerprint density at radius 3 is 2.61 bits per heavy atom. The molecular weight excluding hydrogens is 256 g/mol. The molecule has 3 amide bonds. The predicted octanol–water partition coefficient (Wildman–Crippen LogP) is 0.536. The summed E-state index contributed by atoms with van der Waals surface area (Å²) in [6.07, 6.45) is 0. The normalized spacial score (nSPS) is 9.83. The summed E-state index contributed by atoms with van der Waals surface area (Å²) in [6, 6.07) is 6.39. The summed E-state index contributed by atoms with van der Waals surface area (Å²) in [5.41, 5.74) is 5.45. The van der Waals surface area contributed by atoms with Crippen molar-refractivity contribution in [2.75, 3.05) is 25.0 Å². The number of hydrogen-bond acceptors (Lipinski definition) is 3. The van der Waals surface area contributed by atoms with Crippen molar-refractivity contribution in [3.8, 4) is 0 Å². The number of hydrogen-bond donors (Lipinski definition) is 4. The van der Waals surface area contributed by atoms with Crippen LogP contribution in [0.1, 0.15) is 0 Å². The molecule has 1 aromatic carbocycles. The van der Waals surface area contributed by atoms with E-state index < -0.39 is 6.03 Å². The van der Waals surface area contributed by atoms with Crippen molar-refractivity contribution >= 4 is 29.2 Å². The highest BCUT2D eigenvalue weighted by Gasteiger charge is 2.04. The molecule has 1 rings (SSSR count). The Morgan fingerprint density at radius 2 is 1.94 bits per heavy atom. The van der Waals surface area contributed by atoms with Gasteiger partial charge in [-0.25, -0.2) is 4.79 Å². The van der Waals surface area contributed by atoms with Gasteiger partial charge in [-0.15, -0.1) is 0 Å². The molecule has 0 spiro atoms. The van der Waals surface area contributed by atoms with Crippen LogP contribution in [-0.4, -0.2) is 31.6 Å². The van der Waals surface area contributed by atoms with Crippen LogP contribution in [0.3, 0.4) is 0 Å². The van der Waals surface area contributed by atoms with E-state index in [1.165, 1.54) is 0 Å². The molecule has 6 nitrogen and oxygen atoms in total. The van der Waals surface area contributed by atoms with Gasteiger partial charge >= 0.3 is 6.03 Å². The first-order valence-corrected chi connectivity index (χ1v) is 5.76. The predicted molar refractivity (Wildman–Crippen MR) is 70.5 cm³/mol. The lowest BCUT2D eigenvalue weighted by molar-refractivity contribution is -0.115. The van der Waals surface area contributed by atoms with Crippen LogP contribution in [0.25, 0.3) is 0 Å². The van der Waals surface area contributed by atoms with Crippen LogP contribution in [-0.2, 0) is 4.79 Å². The largest absolute Gasteiger partial charge is 0.352 e. The fraction of sp³-hybridized carbons (Fsp3) is 0.273. The standard InChI is InChI=1S/C11H15ClN4O2/c12-8-3-1-2-4-9(8)16-10(17)7-14-5-6-15-11(13)18/h1-4,14H,5-7H2,(H,16,17)(H3,13,15,18). The molecule has 0 fully saturated rings. The average Bonchev–Trinajstić information content (AvgIpc) is 2.31. The number of amides is 3. The number of carbonyl (C=O) groups excluding carboxylic acids is 2. The first kappa shape index (κ1) is 14.3. The van der Waals surface area contributed by atoms with E-state index >= 15 is 0 Å². The van der Waals surface area contributed by atoms with Gasteiger partial charge in [-0.3, -0.25) is 4.79 Å². The van der Waals surface area contributed by atoms with E-state index in [0.29, 0.717) is 23.8 Å². The second kappa shape index (κ2) is 7.52. The molecule has 0 atom stereocenters. The number of para-hydroxylation sites is 1. The van der Waals surface area contributed by atoms with E-state index in [1.807, 2.05) is 0 Å². The fourth-order valence-corrected chi connectivity index (χ4v) is 1.42. The van der Waals surface area contributed by atoms with Gasteiger partial charge < -0.3 is 21.7 Å². The molecule has 0 saturated carbocycles. The number of urea groups is 1. The molecule has 0 heterocycles. The van der Waals surface area contributed by atoms with Gasteiger partial charge in [0.15, 0.2) is 0 Å². The van der Waals surface area contributed by atoms with Gasteiger partial charge in [0.1, 0.15) is 0 Å². The maximum atomic E-state index is 11.5. The number of primary amides is 1. The van der Waals surface area contributed by atoms with Crippen LogP contribution in [0.15, 0.2) is 24.3 Å². The SMILES string of the molecule is NC(=O)NCCNCC(=O)Nc1ccccc1Cl. The molecule has 7 heteroatoms. The highest BCUT2D eigenvalue weighted by atomic mass is 35.5. The van der Waals surface area contributed by atoms with E-state index in [2.05, 4.69) is 16.0 Å². The number of halogens is 1. The minimum atomic E-state index is -0.586. The minimum absolute atomic E-state index is 0.131. The zero-order valence-electron chi connectivity index (χ0n) is 9.70. The zero-order chi connectivity index (χ0) is 13.4. The Labute approximate surface area is 110 Å². The average molecular weight is 271 g/mol. The molecular formula is C11H15ClN4O2. The van der Waals surface area contributed by atoms with Gasteiger partial charge in [0.05, 0.1) is 17.3 Å². The molecule has 0 aliphatic rings. The second-order valence-corrected chi connectivity index (χ2v) is 3.90. The Bertz CT molecular complexity index is 425. The smallest absolute Gasteiger partial charge is 0.312 e. The summed E-state index contributed by atoms with van der Waals surface area (Å²) in [7, 11) is 0. The number of benzene rings is 1. The first-order chi connectivity index (χ1) is 8.59. The molecule has 1 aromatic rings. The third-order valence-corrected chi connectivity index (χ3v) is 2.36. The molecule has 18 heavy (non-hydrogen) atoms. The second-order valence-electron chi connectivity index (χ2n) is 3.50. The molecule has 5 N–H and O–H groups in total. The van der Waals surface area contributed by atoms with Crippen molar-refractivity contribution in [2.45, 2.75) is 0 Å². The number of anilines is 1. The van der Waals surface area contributed by atoms with Crippen LogP contribution < -0.4 is 21.7 Å². The van der Waals surface area contributed by atoms with Gasteiger partial charge in [0.2, 0.25) is 5.91 Å². The van der Waals surface area contributed by atoms with E-state index in [4.69, 9.17) is 17.3 Å². The van der Waals surface area contributed by atoms with Crippen LogP contribution >= 0.6 is 11.6 Å². The minimum Gasteiger partial charge on any atom is -0.352 e. The number of nitrogens with two attached hydrogens (primary N) is 1. The first-order valence-electron chi connectivity index (χ1n) is 5.38. The lowest BCUT2D eigenvalue weighted by atomic mass is 10.3. The Balaban J connectivity index is 2.22. The van der Waals surface area contributed by atoms with E-state index in [1.54, 1.807) is 24.3 Å². The maximum Gasteiger partial charge on any atom is 0.312 e. The quantitative estimate of drug-likeness (QED) is 0.568. The van der Waals surface area contributed by atoms with Gasteiger partial charge in [0, 0.05) is 13.1 Å². The molecule has 0 radical (unpaired) electrons. The van der Waals surface area contributed by atoms with Crippen LogP contribution in [0, 0.1) is 0 Å². The lowest BCUT2D eigenvalue weighted by Crippen LogP contribution is -2.37. The van der Waals surface area contributed by atoms with E-state index in [0.717, 1.165) is 0 Å². The lowest BCUT2D eigenvalue weighted by Gasteiger charge is -2.08. The van der Waals surface area contributed by atoms with Gasteiger partial charge in [0.25, 0.3) is 0 Å². The summed E-state index contributed by atoms with van der Waals surface area (Å²) < 4.78 is 0. The van der Waals surface area contributed by atoms with Gasteiger partial charge in [-0.2, -0.15) is 0 Å². The maximum absolute atomic E-state index is 11.5. The van der Waals surface area contributed by atoms with Crippen molar-refractivity contribution in [1.29, 1.82) is 0 Å². The Morgan fingerprint density at radius 1 is 1.22 bits per heavy atom. The summed E-state index contributed by atoms with van der Waals surface area (Å²) in [5.74, 6) is -0.206. The summed E-state index contributed by atoms with van der Waals surface area (Å²) in [6.45, 7) is 0.958. The molecule has 0 aromatic heterocycles. The summed E-state index contributed by atoms with van der Waals surface area (Å²) in [5, 5.41) is 8.41. The Kier molecular flexibility index (Phi) is 5.96. The summed E-state index contributed by atoms with van der Waals surface area (Å²) in [4.78, 5) is 21.9. The highest BCUT2D eigenvalue weighted by Crippen LogP contribution is 2.19.